The minimum atomic E-state index is -1.13. The van der Waals surface area contributed by atoms with Crippen molar-refractivity contribution in [1.29, 1.82) is 0 Å². The molecule has 3 aliphatic rings. The largest absolute Gasteiger partial charge is 0.480 e. The number of hydrogen-bond acceptors (Lipinski definition) is 4. The van der Waals surface area contributed by atoms with Gasteiger partial charge in [0.1, 0.15) is 6.54 Å². The Labute approximate surface area is 143 Å². The minimum absolute atomic E-state index is 0.150. The lowest BCUT2D eigenvalue weighted by atomic mass is 9.85. The van der Waals surface area contributed by atoms with Gasteiger partial charge >= 0.3 is 5.97 Å². The number of carbonyl (C=O) groups excluding carboxylic acids is 3. The first-order valence-corrected chi connectivity index (χ1v) is 8.13. The van der Waals surface area contributed by atoms with Gasteiger partial charge < -0.3 is 10.4 Å². The first kappa shape index (κ1) is 15.6. The molecule has 1 aliphatic heterocycles. The third-order valence-electron chi connectivity index (χ3n) is 5.26. The van der Waals surface area contributed by atoms with Crippen molar-refractivity contribution >= 4 is 29.4 Å². The summed E-state index contributed by atoms with van der Waals surface area (Å²) in [5.41, 5.74) is 0.713. The molecule has 7 heteroatoms. The van der Waals surface area contributed by atoms with Crippen molar-refractivity contribution < 1.29 is 24.3 Å². The molecule has 128 valence electrons. The summed E-state index contributed by atoms with van der Waals surface area (Å²) in [5.74, 6) is -2.22. The Bertz CT molecular complexity index is 783. The van der Waals surface area contributed by atoms with Crippen LogP contribution in [0.15, 0.2) is 36.4 Å². The van der Waals surface area contributed by atoms with Crippen LogP contribution >= 0.6 is 0 Å². The highest BCUT2D eigenvalue weighted by atomic mass is 16.4. The van der Waals surface area contributed by atoms with Gasteiger partial charge in [0.2, 0.25) is 11.8 Å². The number of rotatable bonds is 4. The van der Waals surface area contributed by atoms with Crippen LogP contribution in [-0.2, 0) is 14.4 Å². The lowest BCUT2D eigenvalue weighted by Gasteiger charge is -2.17. The highest BCUT2D eigenvalue weighted by Gasteiger charge is 2.59. The van der Waals surface area contributed by atoms with E-state index < -0.39 is 18.4 Å². The van der Waals surface area contributed by atoms with E-state index in [1.807, 2.05) is 12.2 Å². The van der Waals surface area contributed by atoms with Crippen LogP contribution in [0.1, 0.15) is 16.8 Å². The summed E-state index contributed by atoms with van der Waals surface area (Å²) in [4.78, 5) is 49.0. The van der Waals surface area contributed by atoms with Crippen molar-refractivity contribution in [2.24, 2.45) is 23.7 Å². The number of amides is 3. The van der Waals surface area contributed by atoms with Crippen molar-refractivity contribution in [3.8, 4) is 0 Å². The molecule has 1 saturated carbocycles. The van der Waals surface area contributed by atoms with E-state index in [4.69, 9.17) is 5.11 Å². The summed E-state index contributed by atoms with van der Waals surface area (Å²) in [6, 6.07) is 6.05. The molecule has 3 amide bonds. The minimum Gasteiger partial charge on any atom is -0.480 e. The Morgan fingerprint density at radius 1 is 1.04 bits per heavy atom. The lowest BCUT2D eigenvalue weighted by molar-refractivity contribution is -0.135. The number of aliphatic carboxylic acids is 1. The molecule has 1 aromatic carbocycles. The molecule has 2 aliphatic carbocycles. The number of fused-ring (bicyclic) bond motifs is 5. The van der Waals surface area contributed by atoms with Gasteiger partial charge in [-0.2, -0.15) is 0 Å². The second kappa shape index (κ2) is 5.54. The van der Waals surface area contributed by atoms with E-state index in [1.165, 1.54) is 17.0 Å². The fourth-order valence-electron chi connectivity index (χ4n) is 4.18. The molecule has 4 unspecified atom stereocenters. The van der Waals surface area contributed by atoms with Crippen LogP contribution in [0.25, 0.3) is 0 Å². The molecule has 25 heavy (non-hydrogen) atoms. The summed E-state index contributed by atoms with van der Waals surface area (Å²) < 4.78 is 0. The summed E-state index contributed by atoms with van der Waals surface area (Å²) in [6.07, 6.45) is 4.95. The van der Waals surface area contributed by atoms with Crippen molar-refractivity contribution in [3.05, 3.63) is 42.0 Å². The molecule has 4 atom stereocenters. The third-order valence-corrected chi connectivity index (χ3v) is 5.26. The fraction of sp³-hybridized carbons (Fsp3) is 0.333. The van der Waals surface area contributed by atoms with Gasteiger partial charge in [0.25, 0.3) is 5.91 Å². The lowest BCUT2D eigenvalue weighted by Crippen LogP contribution is -2.33. The van der Waals surface area contributed by atoms with Crippen LogP contribution in [0.3, 0.4) is 0 Å². The molecule has 4 rings (SSSR count). The number of carbonyl (C=O) groups is 4. The first-order valence-electron chi connectivity index (χ1n) is 8.13. The smallest absolute Gasteiger partial charge is 0.322 e. The molecule has 2 bridgehead atoms. The van der Waals surface area contributed by atoms with Crippen LogP contribution in [0.5, 0.6) is 0 Å². The molecule has 0 spiro atoms. The maximum Gasteiger partial charge on any atom is 0.322 e. The molecule has 0 radical (unpaired) electrons. The molecule has 1 aromatic rings. The average Bonchev–Trinajstić information content (AvgIpc) is 3.27. The van der Waals surface area contributed by atoms with E-state index in [0.29, 0.717) is 5.69 Å². The van der Waals surface area contributed by atoms with E-state index in [-0.39, 0.29) is 41.0 Å². The zero-order valence-corrected chi connectivity index (χ0v) is 13.2. The van der Waals surface area contributed by atoms with Gasteiger partial charge in [-0.1, -0.05) is 12.2 Å². The van der Waals surface area contributed by atoms with Crippen LogP contribution in [0.2, 0.25) is 0 Å². The van der Waals surface area contributed by atoms with E-state index >= 15 is 0 Å². The van der Waals surface area contributed by atoms with E-state index in [1.54, 1.807) is 12.1 Å². The van der Waals surface area contributed by atoms with Gasteiger partial charge in [-0.05, 0) is 42.5 Å². The summed E-state index contributed by atoms with van der Waals surface area (Å²) in [7, 11) is 0. The molecule has 1 heterocycles. The Hall–Kier alpha value is -2.96. The second-order valence-electron chi connectivity index (χ2n) is 6.64. The van der Waals surface area contributed by atoms with Crippen LogP contribution in [-0.4, -0.2) is 35.3 Å². The summed E-state index contributed by atoms with van der Waals surface area (Å²) in [5, 5.41) is 10.8. The van der Waals surface area contributed by atoms with Crippen LogP contribution < -0.4 is 10.2 Å². The highest BCUT2D eigenvalue weighted by molar-refractivity contribution is 6.22. The molecule has 2 N–H and O–H groups in total. The Morgan fingerprint density at radius 3 is 2.12 bits per heavy atom. The summed E-state index contributed by atoms with van der Waals surface area (Å²) in [6.45, 7) is -0.469. The maximum atomic E-state index is 12.7. The van der Waals surface area contributed by atoms with Gasteiger partial charge in [0.15, 0.2) is 0 Å². The number of hydrogen-bond donors (Lipinski definition) is 2. The van der Waals surface area contributed by atoms with Crippen molar-refractivity contribution in [3.63, 3.8) is 0 Å². The number of carboxylic acids is 1. The maximum absolute atomic E-state index is 12.7. The predicted molar refractivity (Wildman–Crippen MR) is 86.6 cm³/mol. The van der Waals surface area contributed by atoms with Crippen molar-refractivity contribution in [2.45, 2.75) is 6.42 Å². The number of anilines is 1. The van der Waals surface area contributed by atoms with Crippen LogP contribution in [0, 0.1) is 23.7 Å². The average molecular weight is 340 g/mol. The SMILES string of the molecule is O=C(O)CNC(=O)c1ccc(N2C(=O)C3C4C=CC(C4)C3C2=O)cc1. The van der Waals surface area contributed by atoms with Gasteiger partial charge in [-0.3, -0.25) is 24.1 Å². The Balaban J connectivity index is 1.53. The van der Waals surface area contributed by atoms with Gasteiger partial charge in [-0.25, -0.2) is 0 Å². The monoisotopic (exact) mass is 340 g/mol. The first-order chi connectivity index (χ1) is 12.0. The highest BCUT2D eigenvalue weighted by Crippen LogP contribution is 2.53. The number of benzene rings is 1. The number of nitrogens with one attached hydrogen (secondary N) is 1. The molecule has 1 saturated heterocycles. The second-order valence-corrected chi connectivity index (χ2v) is 6.64. The van der Waals surface area contributed by atoms with Crippen molar-refractivity contribution in [2.75, 3.05) is 11.4 Å². The standard InChI is InChI=1S/C18H16N2O5/c21-13(22)8-19-16(23)9-3-5-12(6-4-9)20-17(24)14-10-1-2-11(7-10)15(14)18(20)25/h1-6,10-11,14-15H,7-8H2,(H,19,23)(H,21,22). The number of carboxylic acid groups (broad SMARTS) is 1. The van der Waals surface area contributed by atoms with Crippen LogP contribution in [0.4, 0.5) is 5.69 Å². The molecule has 2 fully saturated rings. The van der Waals surface area contributed by atoms with Gasteiger partial charge in [0.05, 0.1) is 17.5 Å². The van der Waals surface area contributed by atoms with Gasteiger partial charge in [0, 0.05) is 5.56 Å². The molecule has 0 aromatic heterocycles. The number of imide groups is 1. The summed E-state index contributed by atoms with van der Waals surface area (Å²) >= 11 is 0. The quantitative estimate of drug-likeness (QED) is 0.624. The van der Waals surface area contributed by atoms with Gasteiger partial charge in [-0.15, -0.1) is 0 Å². The van der Waals surface area contributed by atoms with E-state index in [0.717, 1.165) is 6.42 Å². The molecular formula is C18H16N2O5. The Kier molecular flexibility index (Phi) is 3.45. The normalized spacial score (nSPS) is 29.2. The Morgan fingerprint density at radius 2 is 1.60 bits per heavy atom. The zero-order valence-electron chi connectivity index (χ0n) is 13.2. The third kappa shape index (κ3) is 2.34. The van der Waals surface area contributed by atoms with Crippen molar-refractivity contribution in [1.82, 2.24) is 5.32 Å². The van der Waals surface area contributed by atoms with E-state index in [9.17, 15) is 19.2 Å². The fourth-order valence-corrected chi connectivity index (χ4v) is 4.18. The molecule has 7 nitrogen and oxygen atoms in total. The zero-order chi connectivity index (χ0) is 17.7. The molecular weight excluding hydrogens is 324 g/mol. The number of nitrogens with zero attached hydrogens (tertiary/aromatic N) is 1. The predicted octanol–water partition coefficient (Wildman–Crippen LogP) is 0.812. The number of allylic oxidation sites excluding steroid dienone is 2. The van der Waals surface area contributed by atoms with E-state index in [2.05, 4.69) is 5.32 Å². The topological polar surface area (TPSA) is 104 Å².